The van der Waals surface area contributed by atoms with Crippen molar-refractivity contribution < 1.29 is 4.74 Å². The summed E-state index contributed by atoms with van der Waals surface area (Å²) in [4.78, 5) is 4.01. The van der Waals surface area contributed by atoms with Gasteiger partial charge in [0.1, 0.15) is 18.2 Å². The van der Waals surface area contributed by atoms with E-state index in [0.717, 1.165) is 5.56 Å². The van der Waals surface area contributed by atoms with Crippen LogP contribution in [0.15, 0.2) is 36.5 Å². The minimum Gasteiger partial charge on any atom is -0.487 e. The average Bonchev–Trinajstić information content (AvgIpc) is 2.38. The predicted octanol–water partition coefficient (Wildman–Crippen LogP) is 3.25. The SMILES string of the molecule is NNc1cc(COc2ccc(Cl)cc2Cl)ccn1. The molecule has 1 heterocycles. The normalized spacial score (nSPS) is 10.2. The maximum atomic E-state index is 6.00. The van der Waals surface area contributed by atoms with Crippen molar-refractivity contribution in [3.8, 4) is 5.75 Å². The second kappa shape index (κ2) is 5.91. The van der Waals surface area contributed by atoms with Crippen molar-refractivity contribution in [1.29, 1.82) is 0 Å². The number of nitrogens with zero attached hydrogens (tertiary/aromatic N) is 1. The number of nitrogens with two attached hydrogens (primary N) is 1. The molecule has 94 valence electrons. The van der Waals surface area contributed by atoms with E-state index in [1.54, 1.807) is 30.5 Å². The highest BCUT2D eigenvalue weighted by Gasteiger charge is 2.03. The number of hydrogen-bond acceptors (Lipinski definition) is 4. The van der Waals surface area contributed by atoms with E-state index in [1.807, 2.05) is 6.07 Å². The average molecular weight is 284 g/mol. The van der Waals surface area contributed by atoms with Gasteiger partial charge in [-0.2, -0.15) is 0 Å². The van der Waals surface area contributed by atoms with Gasteiger partial charge in [0.05, 0.1) is 5.02 Å². The first-order valence-corrected chi connectivity index (χ1v) is 5.94. The van der Waals surface area contributed by atoms with E-state index >= 15 is 0 Å². The molecule has 0 aliphatic rings. The molecule has 0 amide bonds. The smallest absolute Gasteiger partial charge is 0.140 e. The fourth-order valence-electron chi connectivity index (χ4n) is 1.40. The number of hydrazine groups is 1. The summed E-state index contributed by atoms with van der Waals surface area (Å²) in [5, 5.41) is 1.06. The first-order valence-electron chi connectivity index (χ1n) is 5.18. The summed E-state index contributed by atoms with van der Waals surface area (Å²) in [6.45, 7) is 0.374. The third-order valence-corrected chi connectivity index (χ3v) is 2.79. The minimum absolute atomic E-state index is 0.374. The number of rotatable bonds is 4. The van der Waals surface area contributed by atoms with Gasteiger partial charge in [-0.25, -0.2) is 10.8 Å². The standard InChI is InChI=1S/C12H11Cl2N3O/c13-9-1-2-11(10(14)6-9)18-7-8-3-4-16-12(5-8)17-15/h1-6H,7,15H2,(H,16,17). The lowest BCUT2D eigenvalue weighted by molar-refractivity contribution is 0.306. The molecule has 0 radical (unpaired) electrons. The Morgan fingerprint density at radius 2 is 2.06 bits per heavy atom. The van der Waals surface area contributed by atoms with Crippen molar-refractivity contribution in [2.24, 2.45) is 5.84 Å². The quantitative estimate of drug-likeness (QED) is 0.668. The summed E-state index contributed by atoms with van der Waals surface area (Å²) in [5.74, 6) is 6.44. The van der Waals surface area contributed by atoms with Gasteiger partial charge >= 0.3 is 0 Å². The molecule has 1 aromatic carbocycles. The molecule has 0 bridgehead atoms. The third-order valence-electron chi connectivity index (χ3n) is 2.26. The molecule has 2 rings (SSSR count). The molecule has 6 heteroatoms. The molecule has 18 heavy (non-hydrogen) atoms. The number of nitrogen functional groups attached to an aromatic ring is 1. The van der Waals surface area contributed by atoms with Gasteiger partial charge in [0.25, 0.3) is 0 Å². The monoisotopic (exact) mass is 283 g/mol. The van der Waals surface area contributed by atoms with Crippen molar-refractivity contribution in [1.82, 2.24) is 4.98 Å². The van der Waals surface area contributed by atoms with Gasteiger partial charge in [0.15, 0.2) is 0 Å². The number of hydrogen-bond donors (Lipinski definition) is 2. The van der Waals surface area contributed by atoms with Crippen LogP contribution in [0, 0.1) is 0 Å². The summed E-state index contributed by atoms with van der Waals surface area (Å²) < 4.78 is 5.59. The number of benzene rings is 1. The summed E-state index contributed by atoms with van der Waals surface area (Å²) in [5.41, 5.74) is 3.41. The van der Waals surface area contributed by atoms with Gasteiger partial charge in [0, 0.05) is 11.2 Å². The molecule has 0 aliphatic carbocycles. The van der Waals surface area contributed by atoms with Gasteiger partial charge in [-0.15, -0.1) is 0 Å². The Morgan fingerprint density at radius 1 is 1.22 bits per heavy atom. The third kappa shape index (κ3) is 3.26. The zero-order valence-corrected chi connectivity index (χ0v) is 10.9. The van der Waals surface area contributed by atoms with E-state index in [0.29, 0.717) is 28.2 Å². The zero-order chi connectivity index (χ0) is 13.0. The van der Waals surface area contributed by atoms with Crippen LogP contribution in [0.1, 0.15) is 5.56 Å². The molecule has 0 spiro atoms. The van der Waals surface area contributed by atoms with E-state index in [-0.39, 0.29) is 0 Å². The molecule has 0 fully saturated rings. The first-order chi connectivity index (χ1) is 8.69. The Labute approximate surface area is 115 Å². The van der Waals surface area contributed by atoms with Crippen molar-refractivity contribution in [2.75, 3.05) is 5.43 Å². The van der Waals surface area contributed by atoms with Crippen molar-refractivity contribution >= 4 is 29.0 Å². The molecule has 0 atom stereocenters. The molecule has 0 saturated carbocycles. The van der Waals surface area contributed by atoms with Crippen molar-refractivity contribution in [3.05, 3.63) is 52.1 Å². The highest BCUT2D eigenvalue weighted by atomic mass is 35.5. The molecular weight excluding hydrogens is 273 g/mol. The maximum Gasteiger partial charge on any atom is 0.140 e. The lowest BCUT2D eigenvalue weighted by Crippen LogP contribution is -2.09. The number of pyridine rings is 1. The maximum absolute atomic E-state index is 6.00. The van der Waals surface area contributed by atoms with E-state index in [4.69, 9.17) is 33.8 Å². The van der Waals surface area contributed by atoms with Crippen molar-refractivity contribution in [3.63, 3.8) is 0 Å². The van der Waals surface area contributed by atoms with Crippen LogP contribution in [0.25, 0.3) is 0 Å². The van der Waals surface area contributed by atoms with Crippen LogP contribution >= 0.6 is 23.2 Å². The summed E-state index contributed by atoms with van der Waals surface area (Å²) in [6.07, 6.45) is 1.65. The summed E-state index contributed by atoms with van der Waals surface area (Å²) in [7, 11) is 0. The number of halogens is 2. The van der Waals surface area contributed by atoms with Crippen LogP contribution in [0.5, 0.6) is 5.75 Å². The second-order valence-electron chi connectivity index (χ2n) is 3.56. The van der Waals surface area contributed by atoms with Gasteiger partial charge in [0.2, 0.25) is 0 Å². The lowest BCUT2D eigenvalue weighted by Gasteiger charge is -2.09. The zero-order valence-electron chi connectivity index (χ0n) is 9.36. The van der Waals surface area contributed by atoms with Crippen LogP contribution in [0.4, 0.5) is 5.82 Å². The van der Waals surface area contributed by atoms with Gasteiger partial charge in [-0.3, -0.25) is 0 Å². The van der Waals surface area contributed by atoms with Crippen LogP contribution in [0.3, 0.4) is 0 Å². The van der Waals surface area contributed by atoms with Gasteiger partial charge in [-0.1, -0.05) is 23.2 Å². The van der Waals surface area contributed by atoms with Crippen LogP contribution in [-0.2, 0) is 6.61 Å². The number of nitrogens with one attached hydrogen (secondary N) is 1. The second-order valence-corrected chi connectivity index (χ2v) is 4.40. The van der Waals surface area contributed by atoms with Crippen LogP contribution in [-0.4, -0.2) is 4.98 Å². The Hall–Kier alpha value is -1.49. The van der Waals surface area contributed by atoms with Crippen LogP contribution in [0.2, 0.25) is 10.0 Å². The summed E-state index contributed by atoms with van der Waals surface area (Å²) in [6, 6.07) is 8.72. The Bertz CT molecular complexity index is 549. The van der Waals surface area contributed by atoms with E-state index in [2.05, 4.69) is 10.4 Å². The molecule has 3 N–H and O–H groups in total. The van der Waals surface area contributed by atoms with Gasteiger partial charge in [-0.05, 0) is 35.9 Å². The molecule has 0 aliphatic heterocycles. The molecular formula is C12H11Cl2N3O. The first kappa shape index (κ1) is 13.0. The number of ether oxygens (including phenoxy) is 1. The van der Waals surface area contributed by atoms with Crippen LogP contribution < -0.4 is 16.0 Å². The molecule has 4 nitrogen and oxygen atoms in total. The van der Waals surface area contributed by atoms with E-state index < -0.39 is 0 Å². The number of anilines is 1. The Morgan fingerprint density at radius 3 is 2.78 bits per heavy atom. The van der Waals surface area contributed by atoms with Gasteiger partial charge < -0.3 is 10.2 Å². The highest BCUT2D eigenvalue weighted by Crippen LogP contribution is 2.28. The molecule has 0 saturated heterocycles. The minimum atomic E-state index is 0.374. The number of aromatic nitrogens is 1. The Kier molecular flexibility index (Phi) is 4.25. The molecule has 2 aromatic rings. The fraction of sp³-hybridized carbons (Fsp3) is 0.0833. The van der Waals surface area contributed by atoms with Crippen molar-refractivity contribution in [2.45, 2.75) is 6.61 Å². The van der Waals surface area contributed by atoms with E-state index in [9.17, 15) is 0 Å². The fourth-order valence-corrected chi connectivity index (χ4v) is 1.86. The summed E-state index contributed by atoms with van der Waals surface area (Å²) >= 11 is 11.8. The highest BCUT2D eigenvalue weighted by molar-refractivity contribution is 6.35. The largest absolute Gasteiger partial charge is 0.487 e. The predicted molar refractivity (Wildman–Crippen MR) is 72.8 cm³/mol. The molecule has 0 unspecified atom stereocenters. The lowest BCUT2D eigenvalue weighted by atomic mass is 10.3. The Balaban J connectivity index is 2.06. The topological polar surface area (TPSA) is 60.2 Å². The molecule has 1 aromatic heterocycles. The van der Waals surface area contributed by atoms with E-state index in [1.165, 1.54) is 0 Å².